The Morgan fingerprint density at radius 1 is 1.20 bits per heavy atom. The molecule has 20 heavy (non-hydrogen) atoms. The fourth-order valence-corrected chi connectivity index (χ4v) is 3.28. The van der Waals surface area contributed by atoms with E-state index in [1.165, 1.54) is 12.8 Å². The number of hydrogen-bond donors (Lipinski definition) is 1. The van der Waals surface area contributed by atoms with E-state index in [2.05, 4.69) is 5.32 Å². The lowest BCUT2D eigenvalue weighted by Gasteiger charge is -2.33. The van der Waals surface area contributed by atoms with E-state index in [1.807, 2.05) is 0 Å². The zero-order valence-corrected chi connectivity index (χ0v) is 11.9. The maximum atomic E-state index is 12.6. The van der Waals surface area contributed by atoms with Gasteiger partial charge in [-0.25, -0.2) is 0 Å². The molecule has 2 unspecified atom stereocenters. The average molecular weight is 292 g/mol. The molecule has 2 aliphatic rings. The van der Waals surface area contributed by atoms with Crippen LogP contribution >= 0.6 is 0 Å². The third kappa shape index (κ3) is 3.87. The standard InChI is InChI=1S/C14H23F3N2O/c1-19(9-10-4-2-3-5-10)13(20)12-7-6-11(8-18-12)14(15,16)17/h10-12,18H,2-9H2,1H3. The van der Waals surface area contributed by atoms with E-state index < -0.39 is 18.1 Å². The zero-order chi connectivity index (χ0) is 14.8. The first-order valence-electron chi connectivity index (χ1n) is 7.43. The highest BCUT2D eigenvalue weighted by molar-refractivity contribution is 5.81. The molecule has 1 aliphatic carbocycles. The van der Waals surface area contributed by atoms with Crippen LogP contribution in [-0.2, 0) is 4.79 Å². The largest absolute Gasteiger partial charge is 0.393 e. The summed E-state index contributed by atoms with van der Waals surface area (Å²) in [6.07, 6.45) is 0.931. The molecule has 0 aromatic heterocycles. The Balaban J connectivity index is 1.78. The number of hydrogen-bond acceptors (Lipinski definition) is 2. The van der Waals surface area contributed by atoms with Crippen LogP contribution in [0.15, 0.2) is 0 Å². The Bertz CT molecular complexity index is 332. The quantitative estimate of drug-likeness (QED) is 0.867. The van der Waals surface area contributed by atoms with Gasteiger partial charge in [0.15, 0.2) is 0 Å². The highest BCUT2D eigenvalue weighted by Crippen LogP contribution is 2.32. The molecule has 1 aliphatic heterocycles. The number of carbonyl (C=O) groups is 1. The molecule has 2 atom stereocenters. The van der Waals surface area contributed by atoms with Gasteiger partial charge in [0.1, 0.15) is 0 Å². The second-order valence-corrected chi connectivity index (χ2v) is 6.15. The number of carbonyl (C=O) groups excluding carboxylic acids is 1. The molecule has 1 saturated heterocycles. The molecule has 0 aromatic rings. The molecule has 3 nitrogen and oxygen atoms in total. The van der Waals surface area contributed by atoms with Crippen molar-refractivity contribution < 1.29 is 18.0 Å². The number of nitrogens with one attached hydrogen (secondary N) is 1. The molecule has 6 heteroatoms. The van der Waals surface area contributed by atoms with Gasteiger partial charge >= 0.3 is 6.18 Å². The summed E-state index contributed by atoms with van der Waals surface area (Å²) in [4.78, 5) is 13.9. The topological polar surface area (TPSA) is 32.3 Å². The van der Waals surface area contributed by atoms with Gasteiger partial charge in [0.2, 0.25) is 5.91 Å². The summed E-state index contributed by atoms with van der Waals surface area (Å²) in [5.41, 5.74) is 0. The molecule has 0 radical (unpaired) electrons. The number of nitrogens with zero attached hydrogens (tertiary/aromatic N) is 1. The van der Waals surface area contributed by atoms with Crippen LogP contribution in [0.1, 0.15) is 38.5 Å². The van der Waals surface area contributed by atoms with E-state index >= 15 is 0 Å². The molecule has 1 amide bonds. The second-order valence-electron chi connectivity index (χ2n) is 6.15. The summed E-state index contributed by atoms with van der Waals surface area (Å²) < 4.78 is 37.7. The van der Waals surface area contributed by atoms with Gasteiger partial charge in [-0.05, 0) is 31.6 Å². The lowest BCUT2D eigenvalue weighted by atomic mass is 9.93. The van der Waals surface area contributed by atoms with Crippen molar-refractivity contribution >= 4 is 5.91 Å². The van der Waals surface area contributed by atoms with E-state index in [4.69, 9.17) is 0 Å². The molecule has 1 heterocycles. The molecule has 0 spiro atoms. The van der Waals surface area contributed by atoms with Crippen molar-refractivity contribution in [3.8, 4) is 0 Å². The van der Waals surface area contributed by atoms with Gasteiger partial charge < -0.3 is 10.2 Å². The van der Waals surface area contributed by atoms with Crippen molar-refractivity contribution in [2.75, 3.05) is 20.1 Å². The maximum absolute atomic E-state index is 12.6. The van der Waals surface area contributed by atoms with Crippen molar-refractivity contribution in [2.24, 2.45) is 11.8 Å². The monoisotopic (exact) mass is 292 g/mol. The van der Waals surface area contributed by atoms with Gasteiger partial charge in [0.25, 0.3) is 0 Å². The third-order valence-corrected chi connectivity index (χ3v) is 4.56. The number of piperidine rings is 1. The summed E-state index contributed by atoms with van der Waals surface area (Å²) >= 11 is 0. The van der Waals surface area contributed by atoms with Crippen molar-refractivity contribution in [3.05, 3.63) is 0 Å². The fourth-order valence-electron chi connectivity index (χ4n) is 3.28. The number of alkyl halides is 3. The first kappa shape index (κ1) is 15.6. The van der Waals surface area contributed by atoms with Crippen molar-refractivity contribution in [3.63, 3.8) is 0 Å². The Labute approximate surface area is 117 Å². The zero-order valence-electron chi connectivity index (χ0n) is 11.9. The number of amides is 1. The molecule has 2 rings (SSSR count). The van der Waals surface area contributed by atoms with E-state index in [1.54, 1.807) is 11.9 Å². The van der Waals surface area contributed by atoms with Gasteiger partial charge in [-0.3, -0.25) is 4.79 Å². The van der Waals surface area contributed by atoms with Crippen LogP contribution in [0.3, 0.4) is 0 Å². The molecular formula is C14H23F3N2O. The molecule has 1 N–H and O–H groups in total. The second kappa shape index (κ2) is 6.33. The van der Waals surface area contributed by atoms with Crippen LogP contribution in [0.25, 0.3) is 0 Å². The van der Waals surface area contributed by atoms with Gasteiger partial charge in [-0.2, -0.15) is 13.2 Å². The van der Waals surface area contributed by atoms with Crippen LogP contribution < -0.4 is 5.32 Å². The molecule has 0 aromatic carbocycles. The van der Waals surface area contributed by atoms with E-state index in [9.17, 15) is 18.0 Å². The van der Waals surface area contributed by atoms with Crippen LogP contribution in [0.5, 0.6) is 0 Å². The smallest absolute Gasteiger partial charge is 0.344 e. The number of rotatable bonds is 3. The fraction of sp³-hybridized carbons (Fsp3) is 0.929. The van der Waals surface area contributed by atoms with Crippen LogP contribution in [0, 0.1) is 11.8 Å². The maximum Gasteiger partial charge on any atom is 0.393 e. The normalized spacial score (nSPS) is 28.6. The van der Waals surface area contributed by atoms with Crippen LogP contribution in [0.2, 0.25) is 0 Å². The highest BCUT2D eigenvalue weighted by Gasteiger charge is 2.42. The first-order valence-corrected chi connectivity index (χ1v) is 7.43. The molecular weight excluding hydrogens is 269 g/mol. The molecule has 116 valence electrons. The predicted molar refractivity (Wildman–Crippen MR) is 70.2 cm³/mol. The van der Waals surface area contributed by atoms with E-state index in [0.29, 0.717) is 5.92 Å². The minimum atomic E-state index is -4.16. The van der Waals surface area contributed by atoms with Gasteiger partial charge in [-0.1, -0.05) is 12.8 Å². The molecule has 2 fully saturated rings. The van der Waals surface area contributed by atoms with Gasteiger partial charge in [0.05, 0.1) is 12.0 Å². The third-order valence-electron chi connectivity index (χ3n) is 4.56. The van der Waals surface area contributed by atoms with Crippen molar-refractivity contribution in [2.45, 2.75) is 50.7 Å². The summed E-state index contributed by atoms with van der Waals surface area (Å²) in [6, 6.07) is -0.444. The Hall–Kier alpha value is -0.780. The van der Waals surface area contributed by atoms with Gasteiger partial charge in [-0.15, -0.1) is 0 Å². The van der Waals surface area contributed by atoms with Crippen LogP contribution in [-0.4, -0.2) is 43.2 Å². The van der Waals surface area contributed by atoms with E-state index in [-0.39, 0.29) is 25.3 Å². The predicted octanol–water partition coefficient (Wildman–Crippen LogP) is 2.57. The van der Waals surface area contributed by atoms with E-state index in [0.717, 1.165) is 19.4 Å². The van der Waals surface area contributed by atoms with Gasteiger partial charge in [0, 0.05) is 20.1 Å². The minimum absolute atomic E-state index is 0.0458. The molecule has 0 bridgehead atoms. The van der Waals surface area contributed by atoms with Crippen LogP contribution in [0.4, 0.5) is 13.2 Å². The minimum Gasteiger partial charge on any atom is -0.344 e. The Morgan fingerprint density at radius 3 is 2.35 bits per heavy atom. The SMILES string of the molecule is CN(CC1CCCC1)C(=O)C1CCC(C(F)(F)F)CN1. The molecule has 1 saturated carbocycles. The highest BCUT2D eigenvalue weighted by atomic mass is 19.4. The average Bonchev–Trinajstić information content (AvgIpc) is 2.90. The lowest BCUT2D eigenvalue weighted by Crippen LogP contribution is -2.52. The summed E-state index contributed by atoms with van der Waals surface area (Å²) in [6.45, 7) is 0.594. The summed E-state index contributed by atoms with van der Waals surface area (Å²) in [7, 11) is 1.76. The Morgan fingerprint density at radius 2 is 1.85 bits per heavy atom. The number of likely N-dealkylation sites (N-methyl/N-ethyl adjacent to an activating group) is 1. The summed E-state index contributed by atoms with van der Waals surface area (Å²) in [5.74, 6) is -0.806. The van der Waals surface area contributed by atoms with Crippen molar-refractivity contribution in [1.29, 1.82) is 0 Å². The Kier molecular flexibility index (Phi) is 4.94. The summed E-state index contributed by atoms with van der Waals surface area (Å²) in [5, 5.41) is 2.77. The lowest BCUT2D eigenvalue weighted by molar-refractivity contribution is -0.180. The first-order chi connectivity index (χ1) is 9.38. The van der Waals surface area contributed by atoms with Crippen molar-refractivity contribution in [1.82, 2.24) is 10.2 Å². The number of halogens is 3.